The lowest BCUT2D eigenvalue weighted by atomic mass is 10.1. The predicted molar refractivity (Wildman–Crippen MR) is 132 cm³/mol. The smallest absolute Gasteiger partial charge is 0.244 e. The van der Waals surface area contributed by atoms with Gasteiger partial charge in [0.2, 0.25) is 21.8 Å². The first-order valence-electron chi connectivity index (χ1n) is 11.2. The zero-order chi connectivity index (χ0) is 24.6. The van der Waals surface area contributed by atoms with Crippen LogP contribution in [0.4, 0.5) is 5.69 Å². The highest BCUT2D eigenvalue weighted by molar-refractivity contribution is 7.92. The van der Waals surface area contributed by atoms with Crippen molar-refractivity contribution in [1.82, 2.24) is 10.2 Å². The van der Waals surface area contributed by atoms with Gasteiger partial charge in [-0.1, -0.05) is 61.4 Å². The molecule has 0 saturated carbocycles. The first-order chi connectivity index (χ1) is 15.5. The van der Waals surface area contributed by atoms with Crippen LogP contribution >= 0.6 is 0 Å². The molecular weight excluding hydrogens is 438 g/mol. The molecule has 180 valence electrons. The van der Waals surface area contributed by atoms with Gasteiger partial charge in [-0.2, -0.15) is 0 Å². The van der Waals surface area contributed by atoms with Crippen LogP contribution < -0.4 is 9.62 Å². The Morgan fingerprint density at radius 3 is 2.24 bits per heavy atom. The lowest BCUT2D eigenvalue weighted by Crippen LogP contribution is -2.51. The van der Waals surface area contributed by atoms with E-state index in [1.54, 1.807) is 32.0 Å². The normalized spacial score (nSPS) is 12.2. The standard InChI is InChI=1S/C25H35N3O4S/c1-6-7-16-26-25(30)21(4)27(17-22-14-12-19(2)13-15-22)24(29)18-28(33(5,31)32)23-11-9-8-10-20(23)3/h8-15,21H,6-7,16-18H2,1-5H3,(H,26,30)/t21-/m1/s1. The summed E-state index contributed by atoms with van der Waals surface area (Å²) in [6.07, 6.45) is 2.87. The van der Waals surface area contributed by atoms with E-state index in [-0.39, 0.29) is 19.0 Å². The first kappa shape index (κ1) is 26.4. The van der Waals surface area contributed by atoms with Gasteiger partial charge in [-0.15, -0.1) is 0 Å². The van der Waals surface area contributed by atoms with Crippen LogP contribution in [-0.4, -0.2) is 50.5 Å². The summed E-state index contributed by atoms with van der Waals surface area (Å²) in [6.45, 7) is 7.83. The third kappa shape index (κ3) is 7.60. The van der Waals surface area contributed by atoms with Gasteiger partial charge in [0.15, 0.2) is 0 Å². The van der Waals surface area contributed by atoms with Crippen molar-refractivity contribution >= 4 is 27.5 Å². The van der Waals surface area contributed by atoms with Crippen LogP contribution in [-0.2, 0) is 26.2 Å². The molecule has 0 spiro atoms. The maximum Gasteiger partial charge on any atom is 0.244 e. The highest BCUT2D eigenvalue weighted by Crippen LogP contribution is 2.23. The molecule has 7 nitrogen and oxygen atoms in total. The molecule has 2 rings (SSSR count). The van der Waals surface area contributed by atoms with Crippen LogP contribution in [0.15, 0.2) is 48.5 Å². The second-order valence-electron chi connectivity index (χ2n) is 8.38. The van der Waals surface area contributed by atoms with Crippen molar-refractivity contribution in [3.05, 3.63) is 65.2 Å². The van der Waals surface area contributed by atoms with Gasteiger partial charge in [0.25, 0.3) is 0 Å². The molecule has 0 heterocycles. The Labute approximate surface area is 197 Å². The quantitative estimate of drug-likeness (QED) is 0.507. The van der Waals surface area contributed by atoms with Crippen molar-refractivity contribution in [2.45, 2.75) is 53.1 Å². The SMILES string of the molecule is CCCCNC(=O)[C@@H](C)N(Cc1ccc(C)cc1)C(=O)CN(c1ccccc1C)S(C)(=O)=O. The number of nitrogens with one attached hydrogen (secondary N) is 1. The second kappa shape index (κ2) is 11.8. The Morgan fingerprint density at radius 2 is 1.67 bits per heavy atom. The number of para-hydroxylation sites is 1. The van der Waals surface area contributed by atoms with E-state index in [9.17, 15) is 18.0 Å². The fourth-order valence-corrected chi connectivity index (χ4v) is 4.35. The number of hydrogen-bond donors (Lipinski definition) is 1. The van der Waals surface area contributed by atoms with Gasteiger partial charge in [0.05, 0.1) is 11.9 Å². The van der Waals surface area contributed by atoms with Crippen LogP contribution in [0.5, 0.6) is 0 Å². The summed E-state index contributed by atoms with van der Waals surface area (Å²) in [7, 11) is -3.73. The maximum atomic E-state index is 13.5. The Kier molecular flexibility index (Phi) is 9.46. The van der Waals surface area contributed by atoms with Crippen LogP contribution in [0, 0.1) is 13.8 Å². The van der Waals surface area contributed by atoms with E-state index in [2.05, 4.69) is 5.32 Å². The number of amides is 2. The van der Waals surface area contributed by atoms with Gasteiger partial charge in [0, 0.05) is 13.1 Å². The van der Waals surface area contributed by atoms with E-state index in [1.807, 2.05) is 44.2 Å². The molecule has 0 aliphatic carbocycles. The summed E-state index contributed by atoms with van der Waals surface area (Å²) in [5, 5.41) is 2.87. The van der Waals surface area contributed by atoms with Crippen LogP contribution in [0.25, 0.3) is 0 Å². The molecule has 0 aliphatic rings. The summed E-state index contributed by atoms with van der Waals surface area (Å²) in [6, 6.07) is 14.0. The highest BCUT2D eigenvalue weighted by Gasteiger charge is 2.30. The second-order valence-corrected chi connectivity index (χ2v) is 10.3. The molecule has 0 unspecified atom stereocenters. The molecule has 0 aromatic heterocycles. The largest absolute Gasteiger partial charge is 0.354 e. The number of carbonyl (C=O) groups is 2. The van der Waals surface area contributed by atoms with Crippen molar-refractivity contribution in [2.75, 3.05) is 23.7 Å². The number of benzene rings is 2. The van der Waals surface area contributed by atoms with E-state index >= 15 is 0 Å². The summed E-state index contributed by atoms with van der Waals surface area (Å²) in [4.78, 5) is 27.7. The molecule has 33 heavy (non-hydrogen) atoms. The molecule has 0 radical (unpaired) electrons. The zero-order valence-corrected chi connectivity index (χ0v) is 21.0. The van der Waals surface area contributed by atoms with E-state index in [0.717, 1.165) is 40.1 Å². The third-order valence-corrected chi connectivity index (χ3v) is 6.66. The van der Waals surface area contributed by atoms with Crippen molar-refractivity contribution in [3.8, 4) is 0 Å². The molecule has 0 bridgehead atoms. The van der Waals surface area contributed by atoms with Crippen LogP contribution in [0.3, 0.4) is 0 Å². The van der Waals surface area contributed by atoms with Gasteiger partial charge >= 0.3 is 0 Å². The lowest BCUT2D eigenvalue weighted by molar-refractivity contribution is -0.139. The summed E-state index contributed by atoms with van der Waals surface area (Å²) in [5.74, 6) is -0.701. The Hall–Kier alpha value is -2.87. The van der Waals surface area contributed by atoms with E-state index in [0.29, 0.717) is 12.2 Å². The fourth-order valence-electron chi connectivity index (χ4n) is 3.45. The topological polar surface area (TPSA) is 86.8 Å². The zero-order valence-electron chi connectivity index (χ0n) is 20.2. The Morgan fingerprint density at radius 1 is 1.03 bits per heavy atom. The lowest BCUT2D eigenvalue weighted by Gasteiger charge is -2.32. The van der Waals surface area contributed by atoms with Crippen LogP contribution in [0.2, 0.25) is 0 Å². The average Bonchev–Trinajstić information content (AvgIpc) is 2.76. The Bertz CT molecular complexity index is 1050. The minimum Gasteiger partial charge on any atom is -0.354 e. The maximum absolute atomic E-state index is 13.5. The monoisotopic (exact) mass is 473 g/mol. The number of nitrogens with zero attached hydrogens (tertiary/aromatic N) is 2. The number of hydrogen-bond acceptors (Lipinski definition) is 4. The average molecular weight is 474 g/mol. The van der Waals surface area contributed by atoms with Gasteiger partial charge in [0.1, 0.15) is 12.6 Å². The molecular formula is C25H35N3O4S. The van der Waals surface area contributed by atoms with Gasteiger partial charge < -0.3 is 10.2 Å². The van der Waals surface area contributed by atoms with Gasteiger partial charge in [-0.25, -0.2) is 8.42 Å². The number of anilines is 1. The third-order valence-electron chi connectivity index (χ3n) is 5.53. The molecule has 0 fully saturated rings. The molecule has 2 aromatic carbocycles. The van der Waals surface area contributed by atoms with E-state index in [4.69, 9.17) is 0 Å². The molecule has 0 saturated heterocycles. The Balaban J connectivity index is 2.34. The molecule has 0 aliphatic heterocycles. The number of unbranched alkanes of at least 4 members (excludes halogenated alkanes) is 1. The van der Waals surface area contributed by atoms with E-state index in [1.165, 1.54) is 4.90 Å². The number of carbonyl (C=O) groups excluding carboxylic acids is 2. The molecule has 8 heteroatoms. The summed E-state index contributed by atoms with van der Waals surface area (Å²) < 4.78 is 26.3. The van der Waals surface area contributed by atoms with Crippen molar-refractivity contribution in [1.29, 1.82) is 0 Å². The van der Waals surface area contributed by atoms with Gasteiger partial charge in [-0.05, 0) is 44.4 Å². The molecule has 1 N–H and O–H groups in total. The van der Waals surface area contributed by atoms with Crippen molar-refractivity contribution in [2.24, 2.45) is 0 Å². The summed E-state index contributed by atoms with van der Waals surface area (Å²) in [5.41, 5.74) is 3.14. The molecule has 1 atom stereocenters. The highest BCUT2D eigenvalue weighted by atomic mass is 32.2. The number of rotatable bonds is 11. The molecule has 2 amide bonds. The first-order valence-corrected chi connectivity index (χ1v) is 13.1. The minimum absolute atomic E-state index is 0.201. The fraction of sp³-hybridized carbons (Fsp3) is 0.440. The summed E-state index contributed by atoms with van der Waals surface area (Å²) >= 11 is 0. The minimum atomic E-state index is -3.73. The van der Waals surface area contributed by atoms with Crippen LogP contribution in [0.1, 0.15) is 43.4 Å². The van der Waals surface area contributed by atoms with Gasteiger partial charge in [-0.3, -0.25) is 13.9 Å². The molecule has 2 aromatic rings. The van der Waals surface area contributed by atoms with E-state index < -0.39 is 22.0 Å². The van der Waals surface area contributed by atoms with Crippen molar-refractivity contribution < 1.29 is 18.0 Å². The van der Waals surface area contributed by atoms with Crippen molar-refractivity contribution in [3.63, 3.8) is 0 Å². The number of aryl methyl sites for hydroxylation is 2. The predicted octanol–water partition coefficient (Wildman–Crippen LogP) is 3.40. The number of sulfonamides is 1.